The standard InChI is InChI=1S/C15H24N2O5/c1-10(18)16-8-11-6-7-15(9-16,12(19)21-5)17(11)13(20)22-14(2,3)4/h11H,6-9H2,1-5H3. The summed E-state index contributed by atoms with van der Waals surface area (Å²) >= 11 is 0. The van der Waals surface area contributed by atoms with E-state index in [0.29, 0.717) is 19.4 Å². The van der Waals surface area contributed by atoms with Crippen LogP contribution in [-0.2, 0) is 19.1 Å². The van der Waals surface area contributed by atoms with Crippen molar-refractivity contribution in [2.75, 3.05) is 20.2 Å². The van der Waals surface area contributed by atoms with E-state index in [4.69, 9.17) is 9.47 Å². The quantitative estimate of drug-likeness (QED) is 0.679. The molecule has 0 spiro atoms. The van der Waals surface area contributed by atoms with E-state index in [1.54, 1.807) is 25.7 Å². The number of carbonyl (C=O) groups is 3. The molecule has 0 saturated carbocycles. The van der Waals surface area contributed by atoms with E-state index in [-0.39, 0.29) is 18.5 Å². The zero-order chi connectivity index (χ0) is 16.7. The zero-order valence-corrected chi connectivity index (χ0v) is 13.8. The van der Waals surface area contributed by atoms with Gasteiger partial charge in [-0.2, -0.15) is 0 Å². The third-order valence-corrected chi connectivity index (χ3v) is 4.20. The number of methoxy groups -OCH3 is 1. The Morgan fingerprint density at radius 1 is 1.23 bits per heavy atom. The average molecular weight is 312 g/mol. The van der Waals surface area contributed by atoms with Gasteiger partial charge in [0.05, 0.1) is 19.7 Å². The van der Waals surface area contributed by atoms with Crippen LogP contribution in [0, 0.1) is 0 Å². The van der Waals surface area contributed by atoms with Crippen LogP contribution in [0.5, 0.6) is 0 Å². The van der Waals surface area contributed by atoms with Gasteiger partial charge in [-0.15, -0.1) is 0 Å². The smallest absolute Gasteiger partial charge is 0.411 e. The molecule has 2 unspecified atom stereocenters. The number of amides is 2. The highest BCUT2D eigenvalue weighted by molar-refractivity contribution is 5.89. The van der Waals surface area contributed by atoms with Crippen molar-refractivity contribution in [3.63, 3.8) is 0 Å². The lowest BCUT2D eigenvalue weighted by molar-refractivity contribution is -0.160. The molecule has 2 heterocycles. The number of piperazine rings is 1. The van der Waals surface area contributed by atoms with Gasteiger partial charge in [-0.25, -0.2) is 9.59 Å². The van der Waals surface area contributed by atoms with Crippen LogP contribution in [-0.4, -0.2) is 65.2 Å². The Morgan fingerprint density at radius 2 is 1.86 bits per heavy atom. The minimum absolute atomic E-state index is 0.107. The minimum Gasteiger partial charge on any atom is -0.467 e. The van der Waals surface area contributed by atoms with Gasteiger partial charge in [0.15, 0.2) is 5.54 Å². The van der Waals surface area contributed by atoms with E-state index >= 15 is 0 Å². The molecule has 0 N–H and O–H groups in total. The molecule has 0 aromatic heterocycles. The fourth-order valence-electron chi connectivity index (χ4n) is 3.30. The van der Waals surface area contributed by atoms with E-state index < -0.39 is 23.2 Å². The molecule has 2 atom stereocenters. The van der Waals surface area contributed by atoms with Crippen molar-refractivity contribution < 1.29 is 23.9 Å². The molecule has 2 aliphatic rings. The molecule has 7 heteroatoms. The maximum atomic E-state index is 12.6. The van der Waals surface area contributed by atoms with Crippen LogP contribution in [0.1, 0.15) is 40.5 Å². The minimum atomic E-state index is -1.13. The fourth-order valence-corrected chi connectivity index (χ4v) is 3.30. The summed E-state index contributed by atoms with van der Waals surface area (Å²) in [5, 5.41) is 0. The first kappa shape index (κ1) is 16.6. The number of likely N-dealkylation sites (tertiary alicyclic amines) is 1. The van der Waals surface area contributed by atoms with Gasteiger partial charge < -0.3 is 14.4 Å². The molecule has 0 aromatic carbocycles. The number of ether oxygens (including phenoxy) is 2. The van der Waals surface area contributed by atoms with Gasteiger partial charge in [0.2, 0.25) is 5.91 Å². The predicted molar refractivity (Wildman–Crippen MR) is 78.1 cm³/mol. The molecule has 2 amide bonds. The van der Waals surface area contributed by atoms with Gasteiger partial charge in [-0.1, -0.05) is 0 Å². The second kappa shape index (κ2) is 5.44. The molecule has 2 rings (SSSR count). The summed E-state index contributed by atoms with van der Waals surface area (Å²) in [6.45, 7) is 7.39. The number of hydrogen-bond donors (Lipinski definition) is 0. The Kier molecular flexibility index (Phi) is 4.10. The summed E-state index contributed by atoms with van der Waals surface area (Å²) in [5.74, 6) is -0.601. The first-order valence-corrected chi connectivity index (χ1v) is 7.47. The Bertz CT molecular complexity index is 499. The Hall–Kier alpha value is -1.79. The number of nitrogens with zero attached hydrogens (tertiary/aromatic N) is 2. The lowest BCUT2D eigenvalue weighted by Crippen LogP contribution is -2.67. The summed E-state index contributed by atoms with van der Waals surface area (Å²) in [6, 6.07) is -0.216. The highest BCUT2D eigenvalue weighted by atomic mass is 16.6. The van der Waals surface area contributed by atoms with Crippen molar-refractivity contribution >= 4 is 18.0 Å². The number of carbonyl (C=O) groups excluding carboxylic acids is 3. The Labute approximate surface area is 130 Å². The molecule has 0 radical (unpaired) electrons. The van der Waals surface area contributed by atoms with Gasteiger partial charge in [-0.3, -0.25) is 9.69 Å². The van der Waals surface area contributed by atoms with Crippen LogP contribution < -0.4 is 0 Å². The maximum Gasteiger partial charge on any atom is 0.411 e. The SMILES string of the molecule is COC(=O)C12CCC(CN(C(C)=O)C1)N2C(=O)OC(C)(C)C. The molecule has 7 nitrogen and oxygen atoms in total. The Morgan fingerprint density at radius 3 is 2.36 bits per heavy atom. The lowest BCUT2D eigenvalue weighted by Gasteiger charge is -2.46. The number of fused-ring (bicyclic) bond motifs is 2. The van der Waals surface area contributed by atoms with Crippen LogP contribution in [0.2, 0.25) is 0 Å². The second-order valence-corrected chi connectivity index (χ2v) is 6.97. The normalized spacial score (nSPS) is 27.6. The molecule has 0 aliphatic carbocycles. The molecule has 2 aliphatic heterocycles. The molecular formula is C15H24N2O5. The lowest BCUT2D eigenvalue weighted by atomic mass is 9.95. The molecule has 124 valence electrons. The molecular weight excluding hydrogens is 288 g/mol. The van der Waals surface area contributed by atoms with Crippen LogP contribution in [0.15, 0.2) is 0 Å². The van der Waals surface area contributed by atoms with Gasteiger partial charge >= 0.3 is 12.1 Å². The van der Waals surface area contributed by atoms with E-state index in [9.17, 15) is 14.4 Å². The van der Waals surface area contributed by atoms with Crippen molar-refractivity contribution in [3.8, 4) is 0 Å². The third-order valence-electron chi connectivity index (χ3n) is 4.20. The summed E-state index contributed by atoms with van der Waals surface area (Å²) in [5.41, 5.74) is -1.78. The number of hydrogen-bond acceptors (Lipinski definition) is 5. The van der Waals surface area contributed by atoms with Gasteiger partial charge in [0.1, 0.15) is 5.60 Å². The van der Waals surface area contributed by atoms with E-state index in [2.05, 4.69) is 0 Å². The fraction of sp³-hybridized carbons (Fsp3) is 0.800. The van der Waals surface area contributed by atoms with Crippen LogP contribution >= 0.6 is 0 Å². The van der Waals surface area contributed by atoms with E-state index in [0.717, 1.165) is 0 Å². The first-order chi connectivity index (χ1) is 10.1. The molecule has 2 saturated heterocycles. The monoisotopic (exact) mass is 312 g/mol. The summed E-state index contributed by atoms with van der Waals surface area (Å²) in [6.07, 6.45) is 0.606. The Balaban J connectivity index is 2.34. The number of rotatable bonds is 1. The molecule has 0 aromatic rings. The van der Waals surface area contributed by atoms with Crippen LogP contribution in [0.4, 0.5) is 4.79 Å². The summed E-state index contributed by atoms with van der Waals surface area (Å²) < 4.78 is 10.4. The van der Waals surface area contributed by atoms with Gasteiger partial charge in [0, 0.05) is 13.5 Å². The van der Waals surface area contributed by atoms with Crippen molar-refractivity contribution in [2.45, 2.75) is 57.7 Å². The van der Waals surface area contributed by atoms with Crippen molar-refractivity contribution in [1.29, 1.82) is 0 Å². The highest BCUT2D eigenvalue weighted by Crippen LogP contribution is 2.41. The second-order valence-electron chi connectivity index (χ2n) is 6.97. The third kappa shape index (κ3) is 2.76. The first-order valence-electron chi connectivity index (χ1n) is 7.47. The van der Waals surface area contributed by atoms with Gasteiger partial charge in [-0.05, 0) is 33.6 Å². The van der Waals surface area contributed by atoms with Crippen LogP contribution in [0.25, 0.3) is 0 Å². The maximum absolute atomic E-state index is 12.6. The number of esters is 1. The highest BCUT2D eigenvalue weighted by Gasteiger charge is 2.60. The molecule has 2 bridgehead atoms. The molecule has 2 fully saturated rings. The van der Waals surface area contributed by atoms with Crippen molar-refractivity contribution in [3.05, 3.63) is 0 Å². The average Bonchev–Trinajstić information content (AvgIpc) is 2.64. The zero-order valence-electron chi connectivity index (χ0n) is 13.8. The predicted octanol–water partition coefficient (Wildman–Crippen LogP) is 1.16. The van der Waals surface area contributed by atoms with Crippen LogP contribution in [0.3, 0.4) is 0 Å². The largest absolute Gasteiger partial charge is 0.467 e. The van der Waals surface area contributed by atoms with E-state index in [1.807, 2.05) is 0 Å². The topological polar surface area (TPSA) is 76.2 Å². The van der Waals surface area contributed by atoms with Gasteiger partial charge in [0.25, 0.3) is 0 Å². The summed E-state index contributed by atoms with van der Waals surface area (Å²) in [7, 11) is 1.30. The van der Waals surface area contributed by atoms with E-state index in [1.165, 1.54) is 18.9 Å². The molecule has 22 heavy (non-hydrogen) atoms. The van der Waals surface area contributed by atoms with Crippen molar-refractivity contribution in [1.82, 2.24) is 9.80 Å². The summed E-state index contributed by atoms with van der Waals surface area (Å²) in [4.78, 5) is 39.8. The van der Waals surface area contributed by atoms with Crippen molar-refractivity contribution in [2.24, 2.45) is 0 Å².